The standard InChI is InChI=1S/C23H33N3O3/c1-23(2,3)28-20(27)15-18(12-7-11-17-9-5-4-6-10-17)21-25-22(29-26-21)19-13-8-14-24-16-19/h8,13-14,16-18H,4-7,9-12,15H2,1-3H3. The summed E-state index contributed by atoms with van der Waals surface area (Å²) in [7, 11) is 0. The maximum atomic E-state index is 12.5. The lowest BCUT2D eigenvalue weighted by molar-refractivity contribution is -0.155. The minimum atomic E-state index is -0.498. The summed E-state index contributed by atoms with van der Waals surface area (Å²) < 4.78 is 11.0. The quantitative estimate of drug-likeness (QED) is 0.530. The van der Waals surface area contributed by atoms with Crippen molar-refractivity contribution < 1.29 is 14.1 Å². The van der Waals surface area contributed by atoms with Gasteiger partial charge in [0.25, 0.3) is 5.89 Å². The smallest absolute Gasteiger partial charge is 0.307 e. The van der Waals surface area contributed by atoms with Crippen LogP contribution in [0.25, 0.3) is 11.5 Å². The lowest BCUT2D eigenvalue weighted by Crippen LogP contribution is -2.25. The minimum Gasteiger partial charge on any atom is -0.460 e. The van der Waals surface area contributed by atoms with Crippen LogP contribution in [0.15, 0.2) is 29.0 Å². The molecule has 1 aliphatic rings. The Labute approximate surface area is 173 Å². The summed E-state index contributed by atoms with van der Waals surface area (Å²) in [6.45, 7) is 5.66. The average molecular weight is 400 g/mol. The second kappa shape index (κ2) is 9.99. The summed E-state index contributed by atoms with van der Waals surface area (Å²) in [5.74, 6) is 1.53. The first kappa shape index (κ1) is 21.5. The van der Waals surface area contributed by atoms with E-state index >= 15 is 0 Å². The zero-order chi connectivity index (χ0) is 20.7. The largest absolute Gasteiger partial charge is 0.460 e. The van der Waals surface area contributed by atoms with Crippen molar-refractivity contribution in [3.63, 3.8) is 0 Å². The number of rotatable bonds is 8. The van der Waals surface area contributed by atoms with Gasteiger partial charge in [-0.3, -0.25) is 9.78 Å². The highest BCUT2D eigenvalue weighted by Crippen LogP contribution is 2.31. The number of nitrogens with zero attached hydrogens (tertiary/aromatic N) is 3. The molecule has 3 rings (SSSR count). The van der Waals surface area contributed by atoms with Crippen LogP contribution in [-0.2, 0) is 9.53 Å². The second-order valence-electron chi connectivity index (χ2n) is 9.12. The molecule has 0 radical (unpaired) electrons. The van der Waals surface area contributed by atoms with Crippen LogP contribution >= 0.6 is 0 Å². The molecule has 2 aromatic heterocycles. The van der Waals surface area contributed by atoms with Crippen molar-refractivity contribution >= 4 is 5.97 Å². The fraction of sp³-hybridized carbons (Fsp3) is 0.652. The Balaban J connectivity index is 1.66. The van der Waals surface area contributed by atoms with Crippen LogP contribution in [0.5, 0.6) is 0 Å². The number of carbonyl (C=O) groups excluding carboxylic acids is 1. The molecular formula is C23H33N3O3. The van der Waals surface area contributed by atoms with E-state index in [-0.39, 0.29) is 18.3 Å². The molecule has 2 aromatic rings. The zero-order valence-corrected chi connectivity index (χ0v) is 17.9. The first-order chi connectivity index (χ1) is 13.9. The van der Waals surface area contributed by atoms with Crippen LogP contribution in [0, 0.1) is 5.92 Å². The van der Waals surface area contributed by atoms with Crippen LogP contribution in [0.2, 0.25) is 0 Å². The Kier molecular flexibility index (Phi) is 7.40. The fourth-order valence-corrected chi connectivity index (χ4v) is 4.04. The summed E-state index contributed by atoms with van der Waals surface area (Å²) in [4.78, 5) is 21.1. The van der Waals surface area contributed by atoms with Crippen LogP contribution < -0.4 is 0 Å². The molecule has 158 valence electrons. The number of aromatic nitrogens is 3. The van der Waals surface area contributed by atoms with Gasteiger partial charge in [0, 0.05) is 18.3 Å². The van der Waals surface area contributed by atoms with E-state index in [0.717, 1.165) is 24.3 Å². The minimum absolute atomic E-state index is 0.0948. The summed E-state index contributed by atoms with van der Waals surface area (Å²) in [5, 5.41) is 4.19. The molecule has 6 nitrogen and oxygen atoms in total. The molecule has 0 aromatic carbocycles. The molecule has 0 saturated heterocycles. The zero-order valence-electron chi connectivity index (χ0n) is 17.9. The summed E-state index contributed by atoms with van der Waals surface area (Å²) in [6.07, 6.45) is 13.6. The maximum absolute atomic E-state index is 12.5. The third kappa shape index (κ3) is 6.94. The van der Waals surface area contributed by atoms with Gasteiger partial charge in [-0.05, 0) is 45.2 Å². The number of carbonyl (C=O) groups is 1. The molecule has 0 spiro atoms. The van der Waals surface area contributed by atoms with Gasteiger partial charge in [-0.2, -0.15) is 4.98 Å². The first-order valence-electron chi connectivity index (χ1n) is 10.9. The number of hydrogen-bond donors (Lipinski definition) is 0. The molecule has 29 heavy (non-hydrogen) atoms. The Hall–Kier alpha value is -2.24. The van der Waals surface area contributed by atoms with Gasteiger partial charge in [0.05, 0.1) is 12.0 Å². The van der Waals surface area contributed by atoms with Gasteiger partial charge in [0.2, 0.25) is 0 Å². The number of pyridine rings is 1. The van der Waals surface area contributed by atoms with Crippen LogP contribution in [0.1, 0.15) is 90.3 Å². The topological polar surface area (TPSA) is 78.1 Å². The Bertz CT molecular complexity index is 761. The Morgan fingerprint density at radius 2 is 2.07 bits per heavy atom. The van der Waals surface area contributed by atoms with Gasteiger partial charge in [0.1, 0.15) is 5.60 Å². The first-order valence-corrected chi connectivity index (χ1v) is 10.9. The van der Waals surface area contributed by atoms with E-state index in [2.05, 4.69) is 15.1 Å². The molecule has 1 saturated carbocycles. The van der Waals surface area contributed by atoms with Gasteiger partial charge >= 0.3 is 5.97 Å². The normalized spacial score (nSPS) is 16.5. The van der Waals surface area contributed by atoms with Gasteiger partial charge < -0.3 is 9.26 Å². The molecule has 0 aliphatic heterocycles. The monoisotopic (exact) mass is 399 g/mol. The number of esters is 1. The van der Waals surface area contributed by atoms with Gasteiger partial charge in [-0.15, -0.1) is 0 Å². The van der Waals surface area contributed by atoms with Gasteiger partial charge in [-0.25, -0.2) is 0 Å². The average Bonchev–Trinajstić information content (AvgIpc) is 3.17. The Morgan fingerprint density at radius 3 is 2.76 bits per heavy atom. The van der Waals surface area contributed by atoms with Crippen molar-refractivity contribution in [3.8, 4) is 11.5 Å². The predicted molar refractivity (Wildman–Crippen MR) is 111 cm³/mol. The van der Waals surface area contributed by atoms with E-state index in [9.17, 15) is 4.79 Å². The van der Waals surface area contributed by atoms with E-state index in [1.165, 1.54) is 38.5 Å². The third-order valence-corrected chi connectivity index (χ3v) is 5.44. The van der Waals surface area contributed by atoms with Crippen LogP contribution in [0.4, 0.5) is 0 Å². The summed E-state index contributed by atoms with van der Waals surface area (Å²) >= 11 is 0. The predicted octanol–water partition coefficient (Wildman–Crippen LogP) is 5.70. The molecular weight excluding hydrogens is 366 g/mol. The molecule has 2 heterocycles. The molecule has 0 bridgehead atoms. The highest BCUT2D eigenvalue weighted by molar-refractivity contribution is 5.70. The maximum Gasteiger partial charge on any atom is 0.307 e. The molecule has 6 heteroatoms. The van der Waals surface area contributed by atoms with E-state index in [0.29, 0.717) is 11.7 Å². The molecule has 1 unspecified atom stereocenters. The van der Waals surface area contributed by atoms with E-state index in [1.54, 1.807) is 12.4 Å². The van der Waals surface area contributed by atoms with Gasteiger partial charge in [0.15, 0.2) is 5.82 Å². The summed E-state index contributed by atoms with van der Waals surface area (Å²) in [6, 6.07) is 3.72. The van der Waals surface area contributed by atoms with E-state index in [4.69, 9.17) is 9.26 Å². The molecule has 0 amide bonds. The number of ether oxygens (including phenoxy) is 1. The molecule has 1 fully saturated rings. The van der Waals surface area contributed by atoms with Crippen molar-refractivity contribution in [1.29, 1.82) is 0 Å². The fourth-order valence-electron chi connectivity index (χ4n) is 4.04. The highest BCUT2D eigenvalue weighted by Gasteiger charge is 2.26. The molecule has 1 atom stereocenters. The van der Waals surface area contributed by atoms with E-state index in [1.807, 2.05) is 32.9 Å². The van der Waals surface area contributed by atoms with Crippen molar-refractivity contribution in [2.24, 2.45) is 5.92 Å². The molecule has 1 aliphatic carbocycles. The third-order valence-electron chi connectivity index (χ3n) is 5.44. The number of hydrogen-bond acceptors (Lipinski definition) is 6. The summed E-state index contributed by atoms with van der Waals surface area (Å²) in [5.41, 5.74) is 0.284. The SMILES string of the molecule is CC(C)(C)OC(=O)CC(CCCC1CCCCC1)c1noc(-c2cccnc2)n1. The van der Waals surface area contributed by atoms with Crippen molar-refractivity contribution in [1.82, 2.24) is 15.1 Å². The van der Waals surface area contributed by atoms with Crippen molar-refractivity contribution in [3.05, 3.63) is 30.4 Å². The van der Waals surface area contributed by atoms with Crippen LogP contribution in [-0.4, -0.2) is 26.7 Å². The van der Waals surface area contributed by atoms with E-state index < -0.39 is 5.60 Å². The molecule has 0 N–H and O–H groups in total. The van der Waals surface area contributed by atoms with Crippen LogP contribution in [0.3, 0.4) is 0 Å². The Morgan fingerprint density at radius 1 is 1.28 bits per heavy atom. The van der Waals surface area contributed by atoms with Crippen molar-refractivity contribution in [2.75, 3.05) is 0 Å². The lowest BCUT2D eigenvalue weighted by Gasteiger charge is -2.23. The highest BCUT2D eigenvalue weighted by atomic mass is 16.6. The van der Waals surface area contributed by atoms with Crippen molar-refractivity contribution in [2.45, 2.75) is 90.1 Å². The lowest BCUT2D eigenvalue weighted by atomic mass is 9.84. The second-order valence-corrected chi connectivity index (χ2v) is 9.12. The van der Waals surface area contributed by atoms with Gasteiger partial charge in [-0.1, -0.05) is 50.1 Å².